The second-order valence-corrected chi connectivity index (χ2v) is 5.38. The molecule has 102 valence electrons. The number of rotatable bonds is 2. The van der Waals surface area contributed by atoms with E-state index < -0.39 is 0 Å². The average molecular weight is 266 g/mol. The van der Waals surface area contributed by atoms with Crippen molar-refractivity contribution in [1.82, 2.24) is 5.32 Å². The van der Waals surface area contributed by atoms with Gasteiger partial charge < -0.3 is 10.2 Å². The van der Waals surface area contributed by atoms with Crippen molar-refractivity contribution in [2.45, 2.75) is 6.42 Å². The summed E-state index contributed by atoms with van der Waals surface area (Å²) in [4.78, 5) is 14.1. The van der Waals surface area contributed by atoms with Gasteiger partial charge in [-0.2, -0.15) is 0 Å². The summed E-state index contributed by atoms with van der Waals surface area (Å²) in [6.07, 6.45) is 8.99. The number of amides is 1. The molecule has 3 heteroatoms. The minimum Gasteiger partial charge on any atom is -0.378 e. The zero-order valence-electron chi connectivity index (χ0n) is 11.8. The van der Waals surface area contributed by atoms with Crippen molar-refractivity contribution in [3.8, 4) is 0 Å². The number of fused-ring (bicyclic) bond motifs is 1. The van der Waals surface area contributed by atoms with Gasteiger partial charge in [-0.05, 0) is 36.3 Å². The van der Waals surface area contributed by atoms with Gasteiger partial charge in [0.1, 0.15) is 0 Å². The number of hydrogen-bond donors (Lipinski definition) is 1. The summed E-state index contributed by atoms with van der Waals surface area (Å²) in [5, 5.41) is 2.95. The van der Waals surface area contributed by atoms with Crippen molar-refractivity contribution in [2.24, 2.45) is 5.92 Å². The smallest absolute Gasteiger partial charge is 0.252 e. The van der Waals surface area contributed by atoms with E-state index in [0.29, 0.717) is 0 Å². The summed E-state index contributed by atoms with van der Waals surface area (Å²) >= 11 is 0. The molecule has 3 nitrogen and oxygen atoms in total. The molecule has 1 aliphatic carbocycles. The number of carbonyl (C=O) groups is 1. The second-order valence-electron chi connectivity index (χ2n) is 5.38. The van der Waals surface area contributed by atoms with Gasteiger partial charge >= 0.3 is 0 Å². The summed E-state index contributed by atoms with van der Waals surface area (Å²) in [5.74, 6) is 0.225. The molecule has 0 radical (unpaired) electrons. The lowest BCUT2D eigenvalue weighted by molar-refractivity contribution is -0.115. The zero-order chi connectivity index (χ0) is 14.1. The van der Waals surface area contributed by atoms with Gasteiger partial charge in [0, 0.05) is 37.0 Å². The van der Waals surface area contributed by atoms with Gasteiger partial charge in [0.25, 0.3) is 5.91 Å². The summed E-state index contributed by atoms with van der Waals surface area (Å²) in [6, 6.07) is 8.24. The van der Waals surface area contributed by atoms with E-state index in [-0.39, 0.29) is 11.8 Å². The lowest BCUT2D eigenvalue weighted by Gasteiger charge is -2.13. The number of nitrogens with zero attached hydrogens (tertiary/aromatic N) is 1. The van der Waals surface area contributed by atoms with Gasteiger partial charge in [-0.1, -0.05) is 24.3 Å². The number of hydrogen-bond acceptors (Lipinski definition) is 2. The van der Waals surface area contributed by atoms with Crippen LogP contribution in [0.3, 0.4) is 0 Å². The Hall–Kier alpha value is -2.29. The van der Waals surface area contributed by atoms with E-state index in [4.69, 9.17) is 0 Å². The van der Waals surface area contributed by atoms with Crippen LogP contribution in [-0.2, 0) is 4.79 Å². The molecule has 1 amide bonds. The molecule has 1 unspecified atom stereocenters. The fourth-order valence-corrected chi connectivity index (χ4v) is 2.63. The summed E-state index contributed by atoms with van der Waals surface area (Å²) < 4.78 is 0. The van der Waals surface area contributed by atoms with Crippen molar-refractivity contribution >= 4 is 17.7 Å². The standard InChI is InChI=1S/C17H18N2O/c1-19(2)13-9-7-12(8-10-13)11-15-14-5-3-4-6-16(14)18-17(15)20/h3-4,6-11,14H,5H2,1-2H3,(H,18,20). The monoisotopic (exact) mass is 266 g/mol. The lowest BCUT2D eigenvalue weighted by atomic mass is 9.91. The van der Waals surface area contributed by atoms with Gasteiger partial charge in [-0.15, -0.1) is 0 Å². The maximum atomic E-state index is 12.1. The predicted molar refractivity (Wildman–Crippen MR) is 82.2 cm³/mol. The second kappa shape index (κ2) is 5.00. The molecule has 1 aliphatic heterocycles. The van der Waals surface area contributed by atoms with Crippen LogP contribution in [0.5, 0.6) is 0 Å². The molecule has 1 heterocycles. The molecular formula is C17H18N2O. The SMILES string of the molecule is CN(C)c1ccc(C=C2C(=O)NC3=CC=CCC32)cc1. The number of carbonyl (C=O) groups excluding carboxylic acids is 1. The van der Waals surface area contributed by atoms with Crippen molar-refractivity contribution in [1.29, 1.82) is 0 Å². The van der Waals surface area contributed by atoms with Crippen LogP contribution in [0.4, 0.5) is 5.69 Å². The van der Waals surface area contributed by atoms with E-state index in [2.05, 4.69) is 40.6 Å². The summed E-state index contributed by atoms with van der Waals surface area (Å²) in [5.41, 5.74) is 4.10. The molecule has 1 aromatic rings. The topological polar surface area (TPSA) is 32.3 Å². The fourth-order valence-electron chi connectivity index (χ4n) is 2.63. The third kappa shape index (κ3) is 2.27. The van der Waals surface area contributed by atoms with Crippen molar-refractivity contribution in [2.75, 3.05) is 19.0 Å². The molecule has 1 atom stereocenters. The van der Waals surface area contributed by atoms with Gasteiger partial charge in [-0.3, -0.25) is 4.79 Å². The number of allylic oxidation sites excluding steroid dienone is 4. The average Bonchev–Trinajstić information content (AvgIpc) is 2.76. The molecule has 0 bridgehead atoms. The van der Waals surface area contributed by atoms with Crippen molar-refractivity contribution in [3.63, 3.8) is 0 Å². The Labute approximate surface area is 119 Å². The Morgan fingerprint density at radius 3 is 2.70 bits per heavy atom. The van der Waals surface area contributed by atoms with E-state index in [0.717, 1.165) is 28.9 Å². The summed E-state index contributed by atoms with van der Waals surface area (Å²) in [6.45, 7) is 0. The number of benzene rings is 1. The molecule has 1 N–H and O–H groups in total. The lowest BCUT2D eigenvalue weighted by Crippen LogP contribution is -2.13. The van der Waals surface area contributed by atoms with Crippen LogP contribution < -0.4 is 10.2 Å². The zero-order valence-corrected chi connectivity index (χ0v) is 11.8. The first kappa shape index (κ1) is 12.7. The van der Waals surface area contributed by atoms with Gasteiger partial charge in [0.15, 0.2) is 0 Å². The molecule has 0 spiro atoms. The predicted octanol–water partition coefficient (Wildman–Crippen LogP) is 2.73. The normalized spacial score (nSPS) is 22.5. The Morgan fingerprint density at radius 1 is 1.25 bits per heavy atom. The maximum absolute atomic E-state index is 12.1. The van der Waals surface area contributed by atoms with Gasteiger partial charge in [-0.25, -0.2) is 0 Å². The molecule has 2 aliphatic rings. The Morgan fingerprint density at radius 2 is 2.00 bits per heavy atom. The number of anilines is 1. The first-order valence-corrected chi connectivity index (χ1v) is 6.82. The van der Waals surface area contributed by atoms with Crippen molar-refractivity contribution < 1.29 is 4.79 Å². The maximum Gasteiger partial charge on any atom is 0.252 e. The summed E-state index contributed by atoms with van der Waals surface area (Å²) in [7, 11) is 4.03. The minimum atomic E-state index is 0.0293. The molecule has 1 aromatic carbocycles. The molecule has 3 rings (SSSR count). The first-order valence-electron chi connectivity index (χ1n) is 6.82. The van der Waals surface area contributed by atoms with Crippen LogP contribution in [-0.4, -0.2) is 20.0 Å². The van der Waals surface area contributed by atoms with E-state index in [1.54, 1.807) is 0 Å². The minimum absolute atomic E-state index is 0.0293. The van der Waals surface area contributed by atoms with Crippen LogP contribution in [0.15, 0.2) is 53.8 Å². The molecule has 0 saturated carbocycles. The highest BCUT2D eigenvalue weighted by Gasteiger charge is 2.32. The molecule has 1 fully saturated rings. The highest BCUT2D eigenvalue weighted by atomic mass is 16.2. The Balaban J connectivity index is 1.90. The van der Waals surface area contributed by atoms with E-state index in [1.807, 2.05) is 32.3 Å². The Kier molecular flexibility index (Phi) is 3.18. The van der Waals surface area contributed by atoms with E-state index in [1.165, 1.54) is 0 Å². The van der Waals surface area contributed by atoms with Crippen molar-refractivity contribution in [3.05, 3.63) is 59.3 Å². The van der Waals surface area contributed by atoms with Crippen LogP contribution in [0.1, 0.15) is 12.0 Å². The highest BCUT2D eigenvalue weighted by molar-refractivity contribution is 6.03. The highest BCUT2D eigenvalue weighted by Crippen LogP contribution is 2.33. The van der Waals surface area contributed by atoms with Crippen LogP contribution in [0.2, 0.25) is 0 Å². The van der Waals surface area contributed by atoms with E-state index >= 15 is 0 Å². The van der Waals surface area contributed by atoms with Crippen LogP contribution >= 0.6 is 0 Å². The fraction of sp³-hybridized carbons (Fsp3) is 0.235. The van der Waals surface area contributed by atoms with Gasteiger partial charge in [0.2, 0.25) is 0 Å². The molecular weight excluding hydrogens is 248 g/mol. The largest absolute Gasteiger partial charge is 0.378 e. The molecule has 0 aromatic heterocycles. The van der Waals surface area contributed by atoms with Crippen LogP contribution in [0.25, 0.3) is 6.08 Å². The molecule has 20 heavy (non-hydrogen) atoms. The van der Waals surface area contributed by atoms with E-state index in [9.17, 15) is 4.79 Å². The molecule has 1 saturated heterocycles. The number of nitrogens with one attached hydrogen (secondary N) is 1. The van der Waals surface area contributed by atoms with Gasteiger partial charge in [0.05, 0.1) is 0 Å². The third-order valence-corrected chi connectivity index (χ3v) is 3.79. The first-order chi connectivity index (χ1) is 9.65. The van der Waals surface area contributed by atoms with Crippen LogP contribution in [0, 0.1) is 5.92 Å². The Bertz CT molecular complexity index is 621. The quantitative estimate of drug-likeness (QED) is 0.835. The third-order valence-electron chi connectivity index (χ3n) is 3.79.